The van der Waals surface area contributed by atoms with E-state index >= 15 is 0 Å². The fraction of sp³-hybridized carbons (Fsp3) is 0. The molecule has 0 saturated heterocycles. The molecule has 4 heteroatoms. The van der Waals surface area contributed by atoms with Crippen molar-refractivity contribution in [1.29, 1.82) is 0 Å². The highest BCUT2D eigenvalue weighted by Gasteiger charge is 2.29. The van der Waals surface area contributed by atoms with Crippen LogP contribution >= 0.6 is 11.3 Å². The van der Waals surface area contributed by atoms with E-state index in [1.54, 1.807) is 0 Å². The van der Waals surface area contributed by atoms with E-state index in [0.29, 0.717) is 5.82 Å². The van der Waals surface area contributed by atoms with Crippen molar-refractivity contribution in [2.24, 2.45) is 0 Å². The minimum atomic E-state index is 0.705. The first-order valence-corrected chi connectivity index (χ1v) is 14.2. The number of thiophene rings is 1. The molecule has 1 aliphatic rings. The van der Waals surface area contributed by atoms with E-state index < -0.39 is 0 Å². The van der Waals surface area contributed by atoms with E-state index in [1.807, 2.05) is 35.6 Å². The summed E-state index contributed by atoms with van der Waals surface area (Å²) in [6, 6.07) is 48.8. The number of rotatable bonds is 3. The molecular weight excluding hydrogens is 506 g/mol. The molecule has 1 aliphatic heterocycles. The lowest BCUT2D eigenvalue weighted by Gasteiger charge is -2.27. The normalized spacial score (nSPS) is 11.9. The van der Waals surface area contributed by atoms with Crippen LogP contribution in [0.2, 0.25) is 0 Å². The van der Waals surface area contributed by atoms with Crippen LogP contribution in [0.1, 0.15) is 0 Å². The predicted octanol–water partition coefficient (Wildman–Crippen LogP) is 10.1. The quantitative estimate of drug-likeness (QED) is 0.228. The average Bonchev–Trinajstić information content (AvgIpc) is 3.36. The molecule has 5 aromatic carbocycles. The Kier molecular flexibility index (Phi) is 5.32. The van der Waals surface area contributed by atoms with Gasteiger partial charge in [0.2, 0.25) is 0 Å². The molecule has 0 aliphatic carbocycles. The van der Waals surface area contributed by atoms with Crippen molar-refractivity contribution >= 4 is 38.6 Å². The molecule has 0 saturated carbocycles. The molecule has 40 heavy (non-hydrogen) atoms. The summed E-state index contributed by atoms with van der Waals surface area (Å²) >= 11 is 1.86. The molecule has 188 valence electrons. The van der Waals surface area contributed by atoms with E-state index in [9.17, 15) is 0 Å². The van der Waals surface area contributed by atoms with Crippen LogP contribution in [0.15, 0.2) is 140 Å². The van der Waals surface area contributed by atoms with Gasteiger partial charge in [-0.3, -0.25) is 4.90 Å². The predicted molar refractivity (Wildman–Crippen MR) is 167 cm³/mol. The van der Waals surface area contributed by atoms with Crippen molar-refractivity contribution in [2.45, 2.75) is 0 Å². The van der Waals surface area contributed by atoms with Crippen LogP contribution in [0.3, 0.4) is 0 Å². The Morgan fingerprint density at radius 2 is 1.12 bits per heavy atom. The zero-order chi connectivity index (χ0) is 26.5. The molecule has 0 fully saturated rings. The van der Waals surface area contributed by atoms with Gasteiger partial charge in [0.05, 0.1) is 17.1 Å². The standard InChI is InChI=1S/C36H23N3S/c1-3-13-24(14-4-1)29-23-33(38-36(37-29)25-15-5-2-6-16-25)39-30-20-10-7-17-26(30)34-28-19-9-12-22-32(28)40-35(34)27-18-8-11-21-31(27)39/h1-23H. The maximum atomic E-state index is 5.22. The zero-order valence-corrected chi connectivity index (χ0v) is 22.3. The van der Waals surface area contributed by atoms with Crippen LogP contribution in [-0.2, 0) is 0 Å². The average molecular weight is 530 g/mol. The van der Waals surface area contributed by atoms with Gasteiger partial charge in [0, 0.05) is 48.8 Å². The van der Waals surface area contributed by atoms with Crippen molar-refractivity contribution in [1.82, 2.24) is 9.97 Å². The molecule has 0 bridgehead atoms. The monoisotopic (exact) mass is 529 g/mol. The molecular formula is C36H23N3S. The Hall–Kier alpha value is -5.06. The minimum absolute atomic E-state index is 0.705. The Morgan fingerprint density at radius 1 is 0.525 bits per heavy atom. The van der Waals surface area contributed by atoms with Gasteiger partial charge in [0.1, 0.15) is 5.82 Å². The first-order valence-electron chi connectivity index (χ1n) is 13.4. The number of hydrogen-bond acceptors (Lipinski definition) is 4. The molecule has 0 atom stereocenters. The van der Waals surface area contributed by atoms with Crippen LogP contribution in [0.25, 0.3) is 54.3 Å². The zero-order valence-electron chi connectivity index (χ0n) is 21.5. The van der Waals surface area contributed by atoms with Crippen molar-refractivity contribution in [3.05, 3.63) is 140 Å². The third kappa shape index (κ3) is 3.65. The summed E-state index contributed by atoms with van der Waals surface area (Å²) in [7, 11) is 0. The highest BCUT2D eigenvalue weighted by atomic mass is 32.1. The Bertz CT molecular complexity index is 1950. The van der Waals surface area contributed by atoms with Gasteiger partial charge in [0.15, 0.2) is 5.82 Å². The summed E-state index contributed by atoms with van der Waals surface area (Å²) in [6.45, 7) is 0. The summed E-state index contributed by atoms with van der Waals surface area (Å²) in [6.07, 6.45) is 0. The van der Waals surface area contributed by atoms with Crippen LogP contribution in [0.5, 0.6) is 0 Å². The van der Waals surface area contributed by atoms with Crippen LogP contribution in [0, 0.1) is 0 Å². The lowest BCUT2D eigenvalue weighted by Crippen LogP contribution is -2.13. The highest BCUT2D eigenvalue weighted by Crippen LogP contribution is 2.55. The second-order valence-electron chi connectivity index (χ2n) is 9.84. The van der Waals surface area contributed by atoms with Gasteiger partial charge >= 0.3 is 0 Å². The third-order valence-electron chi connectivity index (χ3n) is 7.44. The second kappa shape index (κ2) is 9.30. The van der Waals surface area contributed by atoms with Crippen molar-refractivity contribution in [3.8, 4) is 44.2 Å². The van der Waals surface area contributed by atoms with Crippen LogP contribution in [-0.4, -0.2) is 9.97 Å². The molecule has 7 aromatic rings. The number of anilines is 3. The Labute approximate surface area is 236 Å². The van der Waals surface area contributed by atoms with E-state index in [1.165, 1.54) is 31.7 Å². The van der Waals surface area contributed by atoms with Gasteiger partial charge in [-0.25, -0.2) is 9.97 Å². The fourth-order valence-electron chi connectivity index (χ4n) is 5.64. The highest BCUT2D eigenvalue weighted by molar-refractivity contribution is 7.23. The summed E-state index contributed by atoms with van der Waals surface area (Å²) in [4.78, 5) is 13.9. The number of para-hydroxylation sites is 2. The summed E-state index contributed by atoms with van der Waals surface area (Å²) in [5.41, 5.74) is 8.85. The number of benzene rings is 5. The number of aromatic nitrogens is 2. The fourth-order valence-corrected chi connectivity index (χ4v) is 6.89. The van der Waals surface area contributed by atoms with E-state index in [2.05, 4.69) is 120 Å². The number of nitrogens with zero attached hydrogens (tertiary/aromatic N) is 3. The number of hydrogen-bond donors (Lipinski definition) is 0. The minimum Gasteiger partial charge on any atom is -0.294 e. The Morgan fingerprint density at radius 3 is 1.90 bits per heavy atom. The molecule has 0 unspecified atom stereocenters. The van der Waals surface area contributed by atoms with Gasteiger partial charge in [-0.05, 0) is 18.2 Å². The topological polar surface area (TPSA) is 29.0 Å². The van der Waals surface area contributed by atoms with Crippen LogP contribution in [0.4, 0.5) is 17.2 Å². The molecule has 3 nitrogen and oxygen atoms in total. The summed E-state index contributed by atoms with van der Waals surface area (Å²) < 4.78 is 1.30. The van der Waals surface area contributed by atoms with Gasteiger partial charge in [-0.15, -0.1) is 11.3 Å². The SMILES string of the molecule is c1ccc(-c2cc(N3c4ccccc4-c4sc5ccccc5c4-c4ccccc43)nc(-c3ccccc3)n2)cc1. The molecule has 0 spiro atoms. The lowest BCUT2D eigenvalue weighted by molar-refractivity contribution is 1.12. The van der Waals surface area contributed by atoms with E-state index in [4.69, 9.17) is 9.97 Å². The lowest BCUT2D eigenvalue weighted by atomic mass is 9.99. The first-order chi connectivity index (χ1) is 19.8. The van der Waals surface area contributed by atoms with Crippen molar-refractivity contribution in [3.63, 3.8) is 0 Å². The van der Waals surface area contributed by atoms with Gasteiger partial charge in [0.25, 0.3) is 0 Å². The Balaban J connectivity index is 1.45. The van der Waals surface area contributed by atoms with Gasteiger partial charge < -0.3 is 0 Å². The molecule has 0 amide bonds. The van der Waals surface area contributed by atoms with Crippen molar-refractivity contribution in [2.75, 3.05) is 4.90 Å². The first kappa shape index (κ1) is 22.9. The number of fused-ring (bicyclic) bond motifs is 7. The largest absolute Gasteiger partial charge is 0.294 e. The summed E-state index contributed by atoms with van der Waals surface area (Å²) in [5, 5.41) is 1.28. The maximum absolute atomic E-state index is 5.22. The maximum Gasteiger partial charge on any atom is 0.162 e. The molecule has 3 heterocycles. The molecule has 0 radical (unpaired) electrons. The molecule has 0 N–H and O–H groups in total. The molecule has 2 aromatic heterocycles. The third-order valence-corrected chi connectivity index (χ3v) is 8.65. The smallest absolute Gasteiger partial charge is 0.162 e. The van der Waals surface area contributed by atoms with Crippen molar-refractivity contribution < 1.29 is 0 Å². The van der Waals surface area contributed by atoms with E-state index in [-0.39, 0.29) is 0 Å². The van der Waals surface area contributed by atoms with Crippen LogP contribution < -0.4 is 4.90 Å². The second-order valence-corrected chi connectivity index (χ2v) is 10.9. The van der Waals surface area contributed by atoms with Gasteiger partial charge in [-0.2, -0.15) is 0 Å². The molecule has 8 rings (SSSR count). The van der Waals surface area contributed by atoms with Gasteiger partial charge in [-0.1, -0.05) is 115 Å². The van der Waals surface area contributed by atoms with E-state index in [0.717, 1.165) is 34.0 Å². The summed E-state index contributed by atoms with van der Waals surface area (Å²) in [5.74, 6) is 1.54.